The maximum absolute atomic E-state index is 12.9. The summed E-state index contributed by atoms with van der Waals surface area (Å²) in [6, 6.07) is 11.6. The van der Waals surface area contributed by atoms with E-state index in [1.807, 2.05) is 37.3 Å². The van der Waals surface area contributed by atoms with Crippen molar-refractivity contribution in [1.29, 1.82) is 0 Å². The maximum Gasteiger partial charge on any atom is 0.252 e. The van der Waals surface area contributed by atoms with Gasteiger partial charge < -0.3 is 15.0 Å². The molecule has 3 heterocycles. The maximum atomic E-state index is 12.9. The summed E-state index contributed by atoms with van der Waals surface area (Å²) in [5, 5.41) is 7.22. The van der Waals surface area contributed by atoms with Crippen molar-refractivity contribution >= 4 is 35.7 Å². The van der Waals surface area contributed by atoms with Crippen LogP contribution >= 0.6 is 0 Å². The lowest BCUT2D eigenvalue weighted by molar-refractivity contribution is -0.112. The molecule has 9 heteroatoms. The van der Waals surface area contributed by atoms with Gasteiger partial charge in [0.15, 0.2) is 0 Å². The Balaban J connectivity index is 1.40. The van der Waals surface area contributed by atoms with Crippen molar-refractivity contribution in [2.75, 3.05) is 41.9 Å². The zero-order chi connectivity index (χ0) is 23.3. The Bertz CT molecular complexity index is 1250. The predicted molar refractivity (Wildman–Crippen MR) is 132 cm³/mol. The number of rotatable bonds is 6. The lowest BCUT2D eigenvalue weighted by Crippen LogP contribution is -2.37. The van der Waals surface area contributed by atoms with Crippen LogP contribution < -0.4 is 15.6 Å². The molecule has 0 atom stereocenters. The van der Waals surface area contributed by atoms with E-state index in [9.17, 15) is 4.79 Å². The molecule has 0 unspecified atom stereocenters. The standard InChI is InChI=1S/C25H25N7O2/c1-17-4-2-5-18(12-17)15-27-31-25-29-22-14-19(24(33)28-20-6-3-7-26-16-20)13-21(22)23(30-25)32-8-10-34-11-9-32/h2-7,12,14-16H,8-11,13H2,1H3,(H,28,33)(H,29,30,31)/b27-15+. The first-order chi connectivity index (χ1) is 16.7. The third kappa shape index (κ3) is 4.94. The van der Waals surface area contributed by atoms with Crippen LogP contribution in [0.3, 0.4) is 0 Å². The SMILES string of the molecule is Cc1cccc(/C=N/Nc2nc3c(c(N4CCOCC4)n2)CC(C(=O)Nc2cccnc2)=C3)c1. The highest BCUT2D eigenvalue weighted by atomic mass is 16.5. The van der Waals surface area contributed by atoms with E-state index in [1.165, 1.54) is 0 Å². The number of hydrazone groups is 1. The Hall–Kier alpha value is -4.11. The molecule has 0 bridgehead atoms. The van der Waals surface area contributed by atoms with Gasteiger partial charge in [-0.15, -0.1) is 0 Å². The van der Waals surface area contributed by atoms with E-state index < -0.39 is 0 Å². The molecule has 1 fully saturated rings. The van der Waals surface area contributed by atoms with Gasteiger partial charge in [0.2, 0.25) is 5.95 Å². The minimum absolute atomic E-state index is 0.175. The molecule has 2 aliphatic rings. The van der Waals surface area contributed by atoms with Crippen molar-refractivity contribution in [2.45, 2.75) is 13.3 Å². The highest BCUT2D eigenvalue weighted by Crippen LogP contribution is 2.33. The molecule has 1 amide bonds. The molecule has 2 aromatic heterocycles. The van der Waals surface area contributed by atoms with E-state index >= 15 is 0 Å². The number of benzene rings is 1. The van der Waals surface area contributed by atoms with Crippen LogP contribution in [0.25, 0.3) is 6.08 Å². The highest BCUT2D eigenvalue weighted by molar-refractivity contribution is 6.08. The van der Waals surface area contributed by atoms with E-state index in [0.29, 0.717) is 36.8 Å². The number of carbonyl (C=O) groups is 1. The minimum Gasteiger partial charge on any atom is -0.378 e. The van der Waals surface area contributed by atoms with Crippen LogP contribution in [0.5, 0.6) is 0 Å². The summed E-state index contributed by atoms with van der Waals surface area (Å²) in [6.07, 6.45) is 7.30. The number of amides is 1. The van der Waals surface area contributed by atoms with Gasteiger partial charge in [-0.3, -0.25) is 9.78 Å². The second-order valence-corrected chi connectivity index (χ2v) is 8.16. The Labute approximate surface area is 197 Å². The van der Waals surface area contributed by atoms with Gasteiger partial charge in [0.1, 0.15) is 5.82 Å². The van der Waals surface area contributed by atoms with E-state index in [4.69, 9.17) is 9.72 Å². The number of aromatic nitrogens is 3. The average molecular weight is 456 g/mol. The molecular weight excluding hydrogens is 430 g/mol. The van der Waals surface area contributed by atoms with Crippen LogP contribution in [-0.4, -0.2) is 53.4 Å². The first kappa shape index (κ1) is 21.7. The summed E-state index contributed by atoms with van der Waals surface area (Å²) in [7, 11) is 0. The zero-order valence-corrected chi connectivity index (χ0v) is 18.9. The smallest absolute Gasteiger partial charge is 0.252 e. The molecule has 3 aromatic rings. The first-order valence-electron chi connectivity index (χ1n) is 11.2. The normalized spacial score (nSPS) is 15.2. The number of aryl methyl sites for hydroxylation is 1. The van der Waals surface area contributed by atoms with E-state index in [1.54, 1.807) is 30.7 Å². The van der Waals surface area contributed by atoms with Crippen LogP contribution in [-0.2, 0) is 16.0 Å². The number of hydrogen-bond acceptors (Lipinski definition) is 8. The summed E-state index contributed by atoms with van der Waals surface area (Å²) >= 11 is 0. The third-order valence-electron chi connectivity index (χ3n) is 5.64. The fraction of sp³-hybridized carbons (Fsp3) is 0.240. The first-order valence-corrected chi connectivity index (χ1v) is 11.2. The van der Waals surface area contributed by atoms with Crippen LogP contribution in [0, 0.1) is 6.92 Å². The van der Waals surface area contributed by atoms with Crippen LogP contribution in [0.2, 0.25) is 0 Å². The molecular formula is C25H25N7O2. The van der Waals surface area contributed by atoms with Crippen molar-refractivity contribution < 1.29 is 9.53 Å². The summed E-state index contributed by atoms with van der Waals surface area (Å²) in [4.78, 5) is 28.5. The number of nitrogens with one attached hydrogen (secondary N) is 2. The predicted octanol–water partition coefficient (Wildman–Crippen LogP) is 3.04. The number of morpholine rings is 1. The van der Waals surface area contributed by atoms with E-state index in [2.05, 4.69) is 30.7 Å². The van der Waals surface area contributed by atoms with Crippen LogP contribution in [0.15, 0.2) is 59.5 Å². The lowest BCUT2D eigenvalue weighted by atomic mass is 10.1. The van der Waals surface area contributed by atoms with Gasteiger partial charge in [0.05, 0.1) is 37.0 Å². The largest absolute Gasteiger partial charge is 0.378 e. The number of hydrogen-bond donors (Lipinski definition) is 2. The molecule has 1 aliphatic heterocycles. The topological polar surface area (TPSA) is 105 Å². The van der Waals surface area contributed by atoms with Gasteiger partial charge in [-0.1, -0.05) is 29.8 Å². The van der Waals surface area contributed by atoms with E-state index in [-0.39, 0.29) is 5.91 Å². The fourth-order valence-electron chi connectivity index (χ4n) is 3.98. The fourth-order valence-corrected chi connectivity index (χ4v) is 3.98. The van der Waals surface area contributed by atoms with Crippen molar-refractivity contribution in [3.63, 3.8) is 0 Å². The monoisotopic (exact) mass is 455 g/mol. The van der Waals surface area contributed by atoms with Gasteiger partial charge in [-0.05, 0) is 30.7 Å². The minimum atomic E-state index is -0.175. The number of fused-ring (bicyclic) bond motifs is 1. The summed E-state index contributed by atoms with van der Waals surface area (Å²) in [5.74, 6) is 1.02. The Morgan fingerprint density at radius 2 is 2.06 bits per heavy atom. The molecule has 172 valence electrons. The van der Waals surface area contributed by atoms with Gasteiger partial charge in [-0.2, -0.15) is 10.1 Å². The highest BCUT2D eigenvalue weighted by Gasteiger charge is 2.27. The molecule has 2 N–H and O–H groups in total. The zero-order valence-electron chi connectivity index (χ0n) is 18.9. The quantitative estimate of drug-likeness (QED) is 0.435. The molecule has 34 heavy (non-hydrogen) atoms. The van der Waals surface area contributed by atoms with Gasteiger partial charge >= 0.3 is 0 Å². The summed E-state index contributed by atoms with van der Waals surface area (Å²) < 4.78 is 5.51. The van der Waals surface area contributed by atoms with Crippen molar-refractivity contribution in [1.82, 2.24) is 15.0 Å². The Kier molecular flexibility index (Phi) is 6.26. The molecule has 0 saturated carbocycles. The second-order valence-electron chi connectivity index (χ2n) is 8.16. The molecule has 1 aromatic carbocycles. The molecule has 9 nitrogen and oxygen atoms in total. The Morgan fingerprint density at radius 1 is 1.18 bits per heavy atom. The summed E-state index contributed by atoms with van der Waals surface area (Å²) in [6.45, 7) is 4.76. The van der Waals surface area contributed by atoms with E-state index in [0.717, 1.165) is 41.3 Å². The van der Waals surface area contributed by atoms with Crippen LogP contribution in [0.1, 0.15) is 22.4 Å². The number of carbonyl (C=O) groups excluding carboxylic acids is 1. The molecule has 1 saturated heterocycles. The number of ether oxygens (including phenoxy) is 1. The molecule has 0 radical (unpaired) electrons. The number of nitrogens with zero attached hydrogens (tertiary/aromatic N) is 5. The van der Waals surface area contributed by atoms with Gasteiger partial charge in [0, 0.05) is 36.8 Å². The molecule has 5 rings (SSSR count). The third-order valence-corrected chi connectivity index (χ3v) is 5.64. The van der Waals surface area contributed by atoms with Gasteiger partial charge in [-0.25, -0.2) is 10.4 Å². The van der Waals surface area contributed by atoms with Crippen molar-refractivity contribution in [3.05, 3.63) is 76.7 Å². The second kappa shape index (κ2) is 9.80. The lowest BCUT2D eigenvalue weighted by Gasteiger charge is -2.29. The van der Waals surface area contributed by atoms with Gasteiger partial charge in [0.25, 0.3) is 5.91 Å². The van der Waals surface area contributed by atoms with Crippen LogP contribution in [0.4, 0.5) is 17.5 Å². The van der Waals surface area contributed by atoms with Crippen molar-refractivity contribution in [3.8, 4) is 0 Å². The number of anilines is 3. The summed E-state index contributed by atoms with van der Waals surface area (Å²) in [5.41, 5.74) is 8.04. The number of pyridine rings is 1. The Morgan fingerprint density at radius 3 is 2.85 bits per heavy atom. The molecule has 1 aliphatic carbocycles. The average Bonchev–Trinajstić information content (AvgIpc) is 3.29. The van der Waals surface area contributed by atoms with Crippen molar-refractivity contribution in [2.24, 2.45) is 5.10 Å². The molecule has 0 spiro atoms.